The van der Waals surface area contributed by atoms with Gasteiger partial charge in [-0.25, -0.2) is 8.78 Å². The van der Waals surface area contributed by atoms with Crippen LogP contribution in [0.2, 0.25) is 0 Å². The number of rotatable bonds is 16. The number of carbonyl (C=O) groups is 6. The second kappa shape index (κ2) is 24.6. The number of pyridine rings is 2. The molecule has 16 nitrogen and oxygen atoms in total. The molecule has 4 heterocycles. The van der Waals surface area contributed by atoms with E-state index < -0.39 is 47.6 Å². The van der Waals surface area contributed by atoms with Gasteiger partial charge in [0.05, 0.1) is 35.3 Å². The highest BCUT2D eigenvalue weighted by molar-refractivity contribution is 6.00. The van der Waals surface area contributed by atoms with Gasteiger partial charge in [0.1, 0.15) is 23.7 Å². The number of nitrogens with one attached hydrogen (secondary N) is 6. The molecule has 2 saturated heterocycles. The molecule has 6 amide bonds. The highest BCUT2D eigenvalue weighted by Crippen LogP contribution is 2.38. The van der Waals surface area contributed by atoms with Crippen LogP contribution in [-0.4, -0.2) is 107 Å². The number of nitrogens with zero attached hydrogens (tertiary/aromatic N) is 4. The summed E-state index contributed by atoms with van der Waals surface area (Å²) in [5, 5.41) is 12.1. The molecule has 6 atom stereocenters. The van der Waals surface area contributed by atoms with E-state index in [0.29, 0.717) is 48.2 Å². The van der Waals surface area contributed by atoms with Crippen molar-refractivity contribution in [3.8, 4) is 22.3 Å². The quantitative estimate of drug-likeness (QED) is 0.0645. The van der Waals surface area contributed by atoms with E-state index in [9.17, 15) is 28.8 Å². The molecule has 0 radical (unpaired) electrons. The summed E-state index contributed by atoms with van der Waals surface area (Å²) in [7, 11) is 3.41. The standard InChI is InChI=1S/C56H70F2N10O6/c1-33(59-3)51(69)63-49(35-13-7-5-8-14-35)55(73)67-23-11-17-47(67)41-25-39(29-61-31-41)37-19-21-45(57)43(27-37)53(71)65-66-54(72)44-28-38(20-22-46(44)58)40-26-42(32-62-30-40)48-18-12-24-68(48)56(74)50(36-15-9-6-10-16-36)64-52(70)34(2)60-4/h19-22,25-36,47-50,59-60H,5-18,23-24H2,1-4H3,(H,63,69)(H,64,70)(H,65,71)(H,66,72)/t33-,34-,47-,48-,49-,50-/m0/s1. The van der Waals surface area contributed by atoms with Crippen LogP contribution < -0.4 is 32.1 Å². The number of likely N-dealkylation sites (N-methyl/N-ethyl adjacent to an activating group) is 2. The van der Waals surface area contributed by atoms with Gasteiger partial charge in [0.25, 0.3) is 11.8 Å². The fourth-order valence-corrected chi connectivity index (χ4v) is 11.2. The van der Waals surface area contributed by atoms with Crippen molar-refractivity contribution < 1.29 is 37.5 Å². The van der Waals surface area contributed by atoms with E-state index in [1.165, 1.54) is 24.3 Å². The Morgan fingerprint density at radius 3 is 1.28 bits per heavy atom. The number of likely N-dealkylation sites (tertiary alicyclic amines) is 2. The predicted molar refractivity (Wildman–Crippen MR) is 276 cm³/mol. The largest absolute Gasteiger partial charge is 0.343 e. The summed E-state index contributed by atoms with van der Waals surface area (Å²) in [5.74, 6) is -4.32. The Balaban J connectivity index is 0.940. The molecule has 4 aliphatic rings. The summed E-state index contributed by atoms with van der Waals surface area (Å²) >= 11 is 0. The van der Waals surface area contributed by atoms with E-state index >= 15 is 8.78 Å². The molecule has 4 aromatic rings. The minimum absolute atomic E-state index is 0.0307. The maximum Gasteiger partial charge on any atom is 0.272 e. The van der Waals surface area contributed by atoms with Gasteiger partial charge in [-0.3, -0.25) is 49.6 Å². The van der Waals surface area contributed by atoms with Crippen LogP contribution in [0.5, 0.6) is 0 Å². The van der Waals surface area contributed by atoms with Gasteiger partial charge in [0, 0.05) is 49.0 Å². The Hall–Kier alpha value is -6.66. The fraction of sp³-hybridized carbons (Fsp3) is 0.500. The van der Waals surface area contributed by atoms with Gasteiger partial charge >= 0.3 is 0 Å². The van der Waals surface area contributed by atoms with Crippen molar-refractivity contribution in [3.63, 3.8) is 0 Å². The molecule has 4 fully saturated rings. The maximum atomic E-state index is 15.4. The molecule has 394 valence electrons. The van der Waals surface area contributed by atoms with Crippen LogP contribution in [0.25, 0.3) is 22.3 Å². The fourth-order valence-electron chi connectivity index (χ4n) is 11.2. The molecule has 18 heteroatoms. The molecule has 8 rings (SSSR count). The van der Waals surface area contributed by atoms with Crippen molar-refractivity contribution in [1.29, 1.82) is 0 Å². The van der Waals surface area contributed by atoms with Crippen molar-refractivity contribution >= 4 is 35.4 Å². The maximum absolute atomic E-state index is 15.4. The van der Waals surface area contributed by atoms with E-state index in [1.807, 2.05) is 21.9 Å². The second-order valence-corrected chi connectivity index (χ2v) is 20.5. The van der Waals surface area contributed by atoms with Crippen molar-refractivity contribution in [3.05, 3.63) is 107 Å². The van der Waals surface area contributed by atoms with Crippen molar-refractivity contribution in [2.45, 2.75) is 140 Å². The lowest BCUT2D eigenvalue weighted by atomic mass is 9.83. The third-order valence-electron chi connectivity index (χ3n) is 15.8. The number of benzene rings is 2. The van der Waals surface area contributed by atoms with Crippen LogP contribution in [0.3, 0.4) is 0 Å². The molecule has 6 N–H and O–H groups in total. The molecular weight excluding hydrogens is 947 g/mol. The summed E-state index contributed by atoms with van der Waals surface area (Å²) in [6.45, 7) is 4.56. The summed E-state index contributed by atoms with van der Waals surface area (Å²) < 4.78 is 30.8. The third-order valence-corrected chi connectivity index (χ3v) is 15.8. The molecule has 74 heavy (non-hydrogen) atoms. The predicted octanol–water partition coefficient (Wildman–Crippen LogP) is 6.84. The topological polar surface area (TPSA) is 207 Å². The lowest BCUT2D eigenvalue weighted by molar-refractivity contribution is -0.139. The van der Waals surface area contributed by atoms with Crippen LogP contribution in [0.15, 0.2) is 73.3 Å². The second-order valence-electron chi connectivity index (χ2n) is 20.5. The molecule has 0 unspecified atom stereocenters. The van der Waals surface area contributed by atoms with Gasteiger partial charge in [-0.1, -0.05) is 50.7 Å². The van der Waals surface area contributed by atoms with E-state index in [2.05, 4.69) is 42.1 Å². The number of aromatic nitrogens is 2. The Kier molecular flexibility index (Phi) is 17.8. The third kappa shape index (κ3) is 12.3. The van der Waals surface area contributed by atoms with Crippen molar-refractivity contribution in [2.24, 2.45) is 11.8 Å². The average molecular weight is 1020 g/mol. The first kappa shape index (κ1) is 53.6. The SMILES string of the molecule is CN[C@@H](C)C(=O)N[C@H](C(=O)N1CCC[C@H]1c1cncc(-c2ccc(F)c(C(=O)NNC(=O)c3cc(-c4cncc([C@@H]5CCCN5C(=O)[C@@H](NC(=O)[C@H](C)NC)C5CCCCC5)c4)ccc3F)c2)c1)C1CCCCC1. The lowest BCUT2D eigenvalue weighted by Crippen LogP contribution is -2.55. The molecule has 2 saturated carbocycles. The normalized spacial score (nSPS) is 20.0. The highest BCUT2D eigenvalue weighted by atomic mass is 19.1. The number of hydrogen-bond acceptors (Lipinski definition) is 10. The minimum atomic E-state index is -0.983. The number of carbonyl (C=O) groups excluding carboxylic acids is 6. The zero-order chi connectivity index (χ0) is 52.5. The Bertz CT molecular complexity index is 2510. The summed E-state index contributed by atoms with van der Waals surface area (Å²) in [6.07, 6.45) is 19.1. The van der Waals surface area contributed by atoms with Gasteiger partial charge in [0.15, 0.2) is 0 Å². The first-order valence-corrected chi connectivity index (χ1v) is 26.4. The van der Waals surface area contributed by atoms with E-state index in [1.54, 1.807) is 52.7 Å². The molecule has 2 aromatic heterocycles. The number of hydrogen-bond donors (Lipinski definition) is 6. The lowest BCUT2D eigenvalue weighted by Gasteiger charge is -2.35. The average Bonchev–Trinajstić information content (AvgIpc) is 4.15. The number of halogens is 2. The van der Waals surface area contributed by atoms with E-state index in [4.69, 9.17) is 0 Å². The van der Waals surface area contributed by atoms with Gasteiger partial charge < -0.3 is 31.1 Å². The zero-order valence-electron chi connectivity index (χ0n) is 42.9. The molecule has 0 spiro atoms. The van der Waals surface area contributed by atoms with Crippen molar-refractivity contribution in [2.75, 3.05) is 27.2 Å². The monoisotopic (exact) mass is 1020 g/mol. The number of hydrazine groups is 1. The minimum Gasteiger partial charge on any atom is -0.343 e. The smallest absolute Gasteiger partial charge is 0.272 e. The van der Waals surface area contributed by atoms with Crippen LogP contribution in [0.4, 0.5) is 8.78 Å². The Labute approximate surface area is 432 Å². The van der Waals surface area contributed by atoms with Gasteiger partial charge in [0.2, 0.25) is 23.6 Å². The van der Waals surface area contributed by atoms with Gasteiger partial charge in [-0.05, 0) is 150 Å². The molecule has 2 aliphatic heterocycles. The Morgan fingerprint density at radius 1 is 0.514 bits per heavy atom. The molecule has 0 bridgehead atoms. The first-order chi connectivity index (χ1) is 35.8. The molecule has 2 aromatic carbocycles. The molecule has 2 aliphatic carbocycles. The van der Waals surface area contributed by atoms with E-state index in [-0.39, 0.29) is 58.7 Å². The van der Waals surface area contributed by atoms with E-state index in [0.717, 1.165) is 100 Å². The van der Waals surface area contributed by atoms with Crippen LogP contribution in [0.1, 0.15) is 148 Å². The van der Waals surface area contributed by atoms with Crippen LogP contribution in [-0.2, 0) is 19.2 Å². The first-order valence-electron chi connectivity index (χ1n) is 26.4. The molecular formula is C56H70F2N10O6. The van der Waals surface area contributed by atoms with Crippen LogP contribution in [0, 0.1) is 23.5 Å². The summed E-state index contributed by atoms with van der Waals surface area (Å²) in [6, 6.07) is 8.82. The summed E-state index contributed by atoms with van der Waals surface area (Å²) in [5.41, 5.74) is 7.26. The van der Waals surface area contributed by atoms with Crippen molar-refractivity contribution in [1.82, 2.24) is 51.9 Å². The summed E-state index contributed by atoms with van der Waals surface area (Å²) in [4.78, 5) is 94.7. The highest BCUT2D eigenvalue weighted by Gasteiger charge is 2.41. The zero-order valence-corrected chi connectivity index (χ0v) is 42.9. The Morgan fingerprint density at radius 2 is 0.905 bits per heavy atom. The van der Waals surface area contributed by atoms with Crippen LogP contribution >= 0.6 is 0 Å². The van der Waals surface area contributed by atoms with Gasteiger partial charge in [-0.15, -0.1) is 0 Å². The van der Waals surface area contributed by atoms with Gasteiger partial charge in [-0.2, -0.15) is 0 Å². The number of amides is 6.